The van der Waals surface area contributed by atoms with Gasteiger partial charge in [0.25, 0.3) is 0 Å². The number of hydrogen-bond acceptors (Lipinski definition) is 3. The van der Waals surface area contributed by atoms with Crippen molar-refractivity contribution in [1.82, 2.24) is 0 Å². The van der Waals surface area contributed by atoms with Crippen molar-refractivity contribution >= 4 is 12.0 Å². The van der Waals surface area contributed by atoms with Gasteiger partial charge in [-0.1, -0.05) is 0 Å². The Morgan fingerprint density at radius 1 is 1.32 bits per heavy atom. The van der Waals surface area contributed by atoms with E-state index in [9.17, 15) is 23.1 Å². The maximum absolute atomic E-state index is 13.0. The van der Waals surface area contributed by atoms with Crippen molar-refractivity contribution < 1.29 is 23.1 Å². The van der Waals surface area contributed by atoms with E-state index >= 15 is 0 Å². The number of carbonyl (C=O) groups is 1. The molecule has 0 atom stereocenters. The minimum Gasteiger partial charge on any atom is -0.389 e. The molecule has 0 fully saturated rings. The number of halogens is 3. The van der Waals surface area contributed by atoms with Crippen LogP contribution in [0.3, 0.4) is 0 Å². The molecule has 3 nitrogen and oxygen atoms in total. The van der Waals surface area contributed by atoms with E-state index in [2.05, 4.69) is 0 Å². The van der Waals surface area contributed by atoms with Crippen molar-refractivity contribution in [2.75, 3.05) is 18.5 Å². The number of aldehydes is 1. The fourth-order valence-electron chi connectivity index (χ4n) is 1.85. The van der Waals surface area contributed by atoms with Crippen molar-refractivity contribution in [2.45, 2.75) is 25.6 Å². The standard InChI is InChI=1S/C13H16F3NO2/c1-12(2,19)8-17(3)11-5-4-9(7-18)6-10(11)13(14,15)16/h4-7,19H,8H2,1-3H3. The lowest BCUT2D eigenvalue weighted by molar-refractivity contribution is -0.137. The van der Waals surface area contributed by atoms with Crippen molar-refractivity contribution in [1.29, 1.82) is 0 Å². The summed E-state index contributed by atoms with van der Waals surface area (Å²) in [4.78, 5) is 11.9. The van der Waals surface area contributed by atoms with Crippen molar-refractivity contribution in [3.8, 4) is 0 Å². The quantitative estimate of drug-likeness (QED) is 0.859. The minimum atomic E-state index is -4.55. The van der Waals surface area contributed by atoms with Crippen LogP contribution >= 0.6 is 0 Å². The maximum Gasteiger partial charge on any atom is 0.418 e. The number of anilines is 1. The van der Waals surface area contributed by atoms with Gasteiger partial charge >= 0.3 is 6.18 Å². The van der Waals surface area contributed by atoms with Crippen molar-refractivity contribution in [3.63, 3.8) is 0 Å². The lowest BCUT2D eigenvalue weighted by Crippen LogP contribution is -2.37. The highest BCUT2D eigenvalue weighted by Gasteiger charge is 2.35. The van der Waals surface area contributed by atoms with Crippen molar-refractivity contribution in [3.05, 3.63) is 29.3 Å². The number of carbonyl (C=O) groups excluding carboxylic acids is 1. The predicted octanol–water partition coefficient (Wildman–Crippen LogP) is 2.73. The first-order valence-corrected chi connectivity index (χ1v) is 5.64. The SMILES string of the molecule is CN(CC(C)(C)O)c1ccc(C=O)cc1C(F)(F)F. The van der Waals surface area contributed by atoms with Gasteiger partial charge in [0.15, 0.2) is 0 Å². The summed E-state index contributed by atoms with van der Waals surface area (Å²) in [5.74, 6) is 0. The summed E-state index contributed by atoms with van der Waals surface area (Å²) in [6.45, 7) is 3.06. The zero-order chi connectivity index (χ0) is 14.8. The Morgan fingerprint density at radius 2 is 1.89 bits per heavy atom. The van der Waals surface area contributed by atoms with Crippen LogP contribution in [0.15, 0.2) is 18.2 Å². The molecule has 106 valence electrons. The highest BCUT2D eigenvalue weighted by molar-refractivity contribution is 5.77. The average molecular weight is 275 g/mol. The molecule has 0 aromatic heterocycles. The molecule has 0 unspecified atom stereocenters. The van der Waals surface area contributed by atoms with Gasteiger partial charge in [-0.15, -0.1) is 0 Å². The predicted molar refractivity (Wildman–Crippen MR) is 66.4 cm³/mol. The van der Waals surface area contributed by atoms with Crippen molar-refractivity contribution in [2.24, 2.45) is 0 Å². The average Bonchev–Trinajstić information content (AvgIpc) is 2.24. The van der Waals surface area contributed by atoms with Gasteiger partial charge in [-0.25, -0.2) is 0 Å². The van der Waals surface area contributed by atoms with Crippen LogP contribution in [0.1, 0.15) is 29.8 Å². The molecule has 0 bridgehead atoms. The Labute approximate surface area is 109 Å². The summed E-state index contributed by atoms with van der Waals surface area (Å²) in [6, 6.07) is 3.36. The Kier molecular flexibility index (Phi) is 4.25. The zero-order valence-electron chi connectivity index (χ0n) is 11.0. The van der Waals surface area contributed by atoms with Crippen LogP contribution in [-0.4, -0.2) is 30.6 Å². The fraction of sp³-hybridized carbons (Fsp3) is 0.462. The first-order chi connectivity index (χ1) is 8.54. The lowest BCUT2D eigenvalue weighted by atomic mass is 10.1. The third kappa shape index (κ3) is 4.24. The number of benzene rings is 1. The second-order valence-corrected chi connectivity index (χ2v) is 5.06. The molecule has 0 saturated carbocycles. The fourth-order valence-corrected chi connectivity index (χ4v) is 1.85. The van der Waals surface area contributed by atoms with Crippen LogP contribution in [-0.2, 0) is 6.18 Å². The summed E-state index contributed by atoms with van der Waals surface area (Å²) in [5.41, 5.74) is -2.11. The Balaban J connectivity index is 3.23. The van der Waals surface area contributed by atoms with Crippen LogP contribution < -0.4 is 4.90 Å². The van der Waals surface area contributed by atoms with E-state index in [0.29, 0.717) is 6.29 Å². The van der Waals surface area contributed by atoms with Crippen LogP contribution in [0.25, 0.3) is 0 Å². The largest absolute Gasteiger partial charge is 0.418 e. The Morgan fingerprint density at radius 3 is 2.32 bits per heavy atom. The number of rotatable bonds is 4. The van der Waals surface area contributed by atoms with Gasteiger partial charge in [-0.05, 0) is 32.0 Å². The first kappa shape index (κ1) is 15.5. The second kappa shape index (κ2) is 5.21. The maximum atomic E-state index is 13.0. The number of alkyl halides is 3. The smallest absolute Gasteiger partial charge is 0.389 e. The van der Waals surface area contributed by atoms with E-state index in [1.165, 1.54) is 37.9 Å². The van der Waals surface area contributed by atoms with Gasteiger partial charge in [0.2, 0.25) is 0 Å². The van der Waals surface area contributed by atoms with E-state index in [0.717, 1.165) is 6.07 Å². The van der Waals surface area contributed by atoms with Gasteiger partial charge in [0.05, 0.1) is 11.2 Å². The topological polar surface area (TPSA) is 40.5 Å². The zero-order valence-corrected chi connectivity index (χ0v) is 11.0. The van der Waals surface area contributed by atoms with Crippen LogP contribution in [0.5, 0.6) is 0 Å². The first-order valence-electron chi connectivity index (χ1n) is 5.64. The number of aliphatic hydroxyl groups is 1. The monoisotopic (exact) mass is 275 g/mol. The normalized spacial score (nSPS) is 12.4. The second-order valence-electron chi connectivity index (χ2n) is 5.06. The van der Waals surface area contributed by atoms with E-state index < -0.39 is 17.3 Å². The van der Waals surface area contributed by atoms with E-state index in [1.807, 2.05) is 0 Å². The molecular weight excluding hydrogens is 259 g/mol. The van der Waals surface area contributed by atoms with Gasteiger partial charge in [-0.2, -0.15) is 13.2 Å². The van der Waals surface area contributed by atoms with E-state index in [1.54, 1.807) is 0 Å². The molecule has 0 saturated heterocycles. The molecule has 0 radical (unpaired) electrons. The third-order valence-electron chi connectivity index (χ3n) is 2.50. The number of hydrogen-bond donors (Lipinski definition) is 1. The van der Waals surface area contributed by atoms with E-state index in [-0.39, 0.29) is 17.8 Å². The Bertz CT molecular complexity index is 464. The molecule has 1 rings (SSSR count). The molecule has 1 N–H and O–H groups in total. The molecule has 19 heavy (non-hydrogen) atoms. The Hall–Kier alpha value is -1.56. The van der Waals surface area contributed by atoms with Crippen LogP contribution in [0.4, 0.5) is 18.9 Å². The molecule has 1 aromatic carbocycles. The molecule has 0 spiro atoms. The summed E-state index contributed by atoms with van der Waals surface area (Å²) in [7, 11) is 1.46. The molecule has 0 aliphatic carbocycles. The van der Waals surface area contributed by atoms with Crippen LogP contribution in [0, 0.1) is 0 Å². The molecule has 6 heteroatoms. The van der Waals surface area contributed by atoms with Gasteiger partial charge in [-0.3, -0.25) is 4.79 Å². The number of likely N-dealkylation sites (N-methyl/N-ethyl adjacent to an activating group) is 1. The summed E-state index contributed by atoms with van der Waals surface area (Å²) < 4.78 is 38.9. The summed E-state index contributed by atoms with van der Waals surface area (Å²) in [6.07, 6.45) is -4.18. The third-order valence-corrected chi connectivity index (χ3v) is 2.50. The summed E-state index contributed by atoms with van der Waals surface area (Å²) >= 11 is 0. The summed E-state index contributed by atoms with van der Waals surface area (Å²) in [5, 5.41) is 9.66. The number of nitrogens with zero attached hydrogens (tertiary/aromatic N) is 1. The molecule has 0 aliphatic heterocycles. The van der Waals surface area contributed by atoms with Gasteiger partial charge in [0.1, 0.15) is 6.29 Å². The minimum absolute atomic E-state index is 0.0345. The van der Waals surface area contributed by atoms with Gasteiger partial charge < -0.3 is 10.0 Å². The van der Waals surface area contributed by atoms with E-state index in [4.69, 9.17) is 0 Å². The van der Waals surface area contributed by atoms with Gasteiger partial charge in [0, 0.05) is 24.8 Å². The molecule has 0 amide bonds. The molecule has 0 heterocycles. The molecule has 1 aromatic rings. The van der Waals surface area contributed by atoms with Crippen LogP contribution in [0.2, 0.25) is 0 Å². The highest BCUT2D eigenvalue weighted by Crippen LogP contribution is 2.37. The highest BCUT2D eigenvalue weighted by atomic mass is 19.4. The molecule has 0 aliphatic rings. The molecular formula is C13H16F3NO2. The lowest BCUT2D eigenvalue weighted by Gasteiger charge is -2.29.